The van der Waals surface area contributed by atoms with E-state index in [1.807, 2.05) is 4.90 Å². The minimum Gasteiger partial charge on any atom is -0.465 e. The van der Waals surface area contributed by atoms with Crippen molar-refractivity contribution in [1.29, 1.82) is 0 Å². The van der Waals surface area contributed by atoms with E-state index in [0.29, 0.717) is 41.0 Å². The van der Waals surface area contributed by atoms with Crippen LogP contribution in [0.3, 0.4) is 0 Å². The molecule has 0 bridgehead atoms. The van der Waals surface area contributed by atoms with Crippen molar-refractivity contribution >= 4 is 49.6 Å². The summed E-state index contributed by atoms with van der Waals surface area (Å²) >= 11 is 2.65. The van der Waals surface area contributed by atoms with E-state index in [0.717, 1.165) is 29.7 Å². The van der Waals surface area contributed by atoms with E-state index in [9.17, 15) is 18.0 Å². The third kappa shape index (κ3) is 4.17. The summed E-state index contributed by atoms with van der Waals surface area (Å²) < 4.78 is 31.9. The average molecular weight is 470 g/mol. The molecule has 2 aromatic heterocycles. The number of fused-ring (bicyclic) bond motifs is 1. The number of ether oxygens (including phenoxy) is 1. The predicted octanol–water partition coefficient (Wildman–Crippen LogP) is 2.03. The highest BCUT2D eigenvalue weighted by Crippen LogP contribution is 2.39. The van der Waals surface area contributed by atoms with Crippen LogP contribution in [-0.2, 0) is 32.4 Å². The molecule has 1 N–H and O–H groups in total. The molecule has 0 atom stereocenters. The van der Waals surface area contributed by atoms with Crippen LogP contribution in [0.1, 0.15) is 27.2 Å². The molecule has 0 aromatic carbocycles. The molecule has 162 valence electrons. The number of nitrogens with one attached hydrogen (secondary N) is 1. The fraction of sp³-hybridized carbons (Fsp3) is 0.474. The van der Waals surface area contributed by atoms with Gasteiger partial charge in [-0.15, -0.1) is 22.7 Å². The Hall–Kier alpha value is -1.79. The normalized spacial score (nSPS) is 17.6. The maximum absolute atomic E-state index is 12.6. The summed E-state index contributed by atoms with van der Waals surface area (Å²) in [5.74, 6) is -0.633. The molecule has 2 aliphatic rings. The maximum atomic E-state index is 12.6. The molecule has 0 spiro atoms. The second kappa shape index (κ2) is 8.75. The number of rotatable bonds is 6. The Morgan fingerprint density at radius 2 is 1.97 bits per heavy atom. The van der Waals surface area contributed by atoms with Gasteiger partial charge in [-0.25, -0.2) is 13.2 Å². The fourth-order valence-electron chi connectivity index (χ4n) is 3.85. The molecule has 1 saturated heterocycles. The Kier molecular flexibility index (Phi) is 6.26. The number of aryl methyl sites for hydroxylation is 1. The number of methoxy groups -OCH3 is 1. The lowest BCUT2D eigenvalue weighted by Crippen LogP contribution is -2.50. The van der Waals surface area contributed by atoms with E-state index in [1.165, 1.54) is 34.1 Å². The van der Waals surface area contributed by atoms with Crippen LogP contribution < -0.4 is 5.32 Å². The Balaban J connectivity index is 1.36. The molecular formula is C19H23N3O5S3. The van der Waals surface area contributed by atoms with Crippen LogP contribution in [0.2, 0.25) is 0 Å². The first-order valence-corrected chi connectivity index (χ1v) is 12.8. The van der Waals surface area contributed by atoms with Crippen LogP contribution in [0.5, 0.6) is 0 Å². The Morgan fingerprint density at radius 1 is 1.20 bits per heavy atom. The minimum absolute atomic E-state index is 0.149. The average Bonchev–Trinajstić information content (AvgIpc) is 3.45. The van der Waals surface area contributed by atoms with Crippen molar-refractivity contribution in [2.45, 2.75) is 23.5 Å². The molecule has 3 heterocycles. The third-order valence-electron chi connectivity index (χ3n) is 5.35. The Morgan fingerprint density at radius 3 is 2.63 bits per heavy atom. The van der Waals surface area contributed by atoms with Gasteiger partial charge in [0.1, 0.15) is 9.21 Å². The van der Waals surface area contributed by atoms with Crippen molar-refractivity contribution in [3.05, 3.63) is 33.5 Å². The number of carbonyl (C=O) groups is 2. The number of piperazine rings is 1. The molecule has 1 aliphatic heterocycles. The zero-order chi connectivity index (χ0) is 21.3. The molecule has 1 amide bonds. The number of esters is 1. The van der Waals surface area contributed by atoms with E-state index < -0.39 is 16.0 Å². The summed E-state index contributed by atoms with van der Waals surface area (Å²) in [7, 11) is -2.12. The van der Waals surface area contributed by atoms with Crippen molar-refractivity contribution < 1.29 is 22.7 Å². The van der Waals surface area contributed by atoms with Gasteiger partial charge in [0, 0.05) is 31.1 Å². The first-order valence-electron chi connectivity index (χ1n) is 9.69. The van der Waals surface area contributed by atoms with Gasteiger partial charge in [-0.1, -0.05) is 6.07 Å². The van der Waals surface area contributed by atoms with E-state index in [1.54, 1.807) is 17.5 Å². The number of hydrogen-bond donors (Lipinski definition) is 1. The molecule has 8 nitrogen and oxygen atoms in total. The highest BCUT2D eigenvalue weighted by molar-refractivity contribution is 7.91. The minimum atomic E-state index is -3.46. The molecule has 1 aliphatic carbocycles. The van der Waals surface area contributed by atoms with Crippen molar-refractivity contribution in [2.75, 3.05) is 45.2 Å². The smallest absolute Gasteiger partial charge is 0.341 e. The molecule has 0 saturated carbocycles. The van der Waals surface area contributed by atoms with E-state index in [4.69, 9.17) is 4.74 Å². The standard InChI is InChI=1S/C19H23N3O5S3/c1-27-19(24)17-13-4-2-5-14(13)29-18(17)20-15(23)12-21-7-9-22(10-8-21)30(25,26)16-6-3-11-28-16/h3,6,11H,2,4-5,7-10,12H2,1H3,(H,20,23). The van der Waals surface area contributed by atoms with Gasteiger partial charge < -0.3 is 10.1 Å². The van der Waals surface area contributed by atoms with Crippen LogP contribution in [0.15, 0.2) is 21.7 Å². The lowest BCUT2D eigenvalue weighted by atomic mass is 10.1. The summed E-state index contributed by atoms with van der Waals surface area (Å²) in [5, 5.41) is 5.17. The van der Waals surface area contributed by atoms with Gasteiger partial charge in [-0.05, 0) is 36.3 Å². The van der Waals surface area contributed by atoms with Crippen LogP contribution in [0.25, 0.3) is 0 Å². The van der Waals surface area contributed by atoms with Crippen molar-refractivity contribution in [3.8, 4) is 0 Å². The van der Waals surface area contributed by atoms with Crippen LogP contribution in [0, 0.1) is 0 Å². The van der Waals surface area contributed by atoms with Gasteiger partial charge in [0.2, 0.25) is 5.91 Å². The second-order valence-electron chi connectivity index (χ2n) is 7.21. The first-order chi connectivity index (χ1) is 14.4. The molecule has 4 rings (SSSR count). The summed E-state index contributed by atoms with van der Waals surface area (Å²) in [6.45, 7) is 1.78. The largest absolute Gasteiger partial charge is 0.465 e. The Bertz CT molecular complexity index is 1040. The van der Waals surface area contributed by atoms with E-state index in [-0.39, 0.29) is 12.5 Å². The molecule has 1 fully saturated rings. The number of hydrogen-bond acceptors (Lipinski definition) is 8. The van der Waals surface area contributed by atoms with Gasteiger partial charge in [0.05, 0.1) is 19.2 Å². The summed E-state index contributed by atoms with van der Waals surface area (Å²) in [6, 6.07) is 3.33. The van der Waals surface area contributed by atoms with Crippen LogP contribution in [-0.4, -0.2) is 69.3 Å². The highest BCUT2D eigenvalue weighted by Gasteiger charge is 2.31. The van der Waals surface area contributed by atoms with E-state index >= 15 is 0 Å². The summed E-state index contributed by atoms with van der Waals surface area (Å²) in [5.41, 5.74) is 1.48. The molecule has 30 heavy (non-hydrogen) atoms. The van der Waals surface area contributed by atoms with Crippen molar-refractivity contribution in [3.63, 3.8) is 0 Å². The van der Waals surface area contributed by atoms with Crippen molar-refractivity contribution in [2.24, 2.45) is 0 Å². The van der Waals surface area contributed by atoms with Gasteiger partial charge in [0.25, 0.3) is 10.0 Å². The molecule has 0 unspecified atom stereocenters. The molecule has 11 heteroatoms. The van der Waals surface area contributed by atoms with Gasteiger partial charge in [-0.2, -0.15) is 4.31 Å². The number of nitrogens with zero attached hydrogens (tertiary/aromatic N) is 2. The summed E-state index contributed by atoms with van der Waals surface area (Å²) in [4.78, 5) is 27.9. The van der Waals surface area contributed by atoms with Crippen LogP contribution >= 0.6 is 22.7 Å². The number of sulfonamides is 1. The van der Waals surface area contributed by atoms with Gasteiger partial charge in [0.15, 0.2) is 0 Å². The fourth-order valence-corrected chi connectivity index (χ4v) is 7.71. The third-order valence-corrected chi connectivity index (χ3v) is 9.83. The maximum Gasteiger partial charge on any atom is 0.341 e. The van der Waals surface area contributed by atoms with Gasteiger partial charge in [-0.3, -0.25) is 9.69 Å². The topological polar surface area (TPSA) is 96.0 Å². The SMILES string of the molecule is COC(=O)c1c(NC(=O)CN2CCN(S(=O)(=O)c3cccs3)CC2)sc2c1CCC2. The number of thiophene rings is 2. The monoisotopic (exact) mass is 469 g/mol. The summed E-state index contributed by atoms with van der Waals surface area (Å²) in [6.07, 6.45) is 2.76. The molecular weight excluding hydrogens is 446 g/mol. The lowest BCUT2D eigenvalue weighted by Gasteiger charge is -2.33. The molecule has 2 aromatic rings. The highest BCUT2D eigenvalue weighted by atomic mass is 32.2. The quantitative estimate of drug-likeness (QED) is 0.651. The number of anilines is 1. The predicted molar refractivity (Wildman–Crippen MR) is 116 cm³/mol. The van der Waals surface area contributed by atoms with Crippen molar-refractivity contribution in [1.82, 2.24) is 9.21 Å². The molecule has 0 radical (unpaired) electrons. The number of amides is 1. The zero-order valence-corrected chi connectivity index (χ0v) is 19.0. The number of carbonyl (C=O) groups excluding carboxylic acids is 2. The van der Waals surface area contributed by atoms with Crippen LogP contribution in [0.4, 0.5) is 5.00 Å². The first kappa shape index (κ1) is 21.4. The second-order valence-corrected chi connectivity index (χ2v) is 11.4. The Labute approximate surface area is 183 Å². The lowest BCUT2D eigenvalue weighted by molar-refractivity contribution is -0.117. The zero-order valence-electron chi connectivity index (χ0n) is 16.5. The van der Waals surface area contributed by atoms with E-state index in [2.05, 4.69) is 5.32 Å². The van der Waals surface area contributed by atoms with Gasteiger partial charge >= 0.3 is 5.97 Å².